The van der Waals surface area contributed by atoms with Gasteiger partial charge in [-0.05, 0) is 39.2 Å². The third-order valence-corrected chi connectivity index (χ3v) is 4.96. The topological polar surface area (TPSA) is 71.1 Å². The van der Waals surface area contributed by atoms with Gasteiger partial charge in [0.15, 0.2) is 0 Å². The molecule has 2 amide bonds. The van der Waals surface area contributed by atoms with Crippen molar-refractivity contribution in [3.63, 3.8) is 0 Å². The first-order chi connectivity index (χ1) is 13.3. The maximum Gasteiger partial charge on any atom is 0.410 e. The lowest BCUT2D eigenvalue weighted by atomic mass is 10.2. The molecule has 2 atom stereocenters. The fraction of sp³-hybridized carbons (Fsp3) is 0.619. The Morgan fingerprint density at radius 1 is 1.00 bits per heavy atom. The number of hydrogen-bond donors (Lipinski definition) is 1. The van der Waals surface area contributed by atoms with Crippen LogP contribution in [0.2, 0.25) is 0 Å². The minimum atomic E-state index is -0.478. The molecule has 0 unspecified atom stereocenters. The highest BCUT2D eigenvalue weighted by Crippen LogP contribution is 2.18. The molecule has 0 aromatic heterocycles. The molecule has 1 aromatic carbocycles. The minimum Gasteiger partial charge on any atom is -0.445 e. The molecule has 1 aromatic rings. The number of carbonyl (C=O) groups excluding carboxylic acids is 2. The lowest BCUT2D eigenvalue weighted by Crippen LogP contribution is -2.43. The Kier molecular flexibility index (Phi) is 6.44. The van der Waals surface area contributed by atoms with E-state index < -0.39 is 5.60 Å². The molecule has 0 saturated carbocycles. The van der Waals surface area contributed by atoms with E-state index in [0.29, 0.717) is 32.8 Å². The molecular formula is C21H31N3O4. The molecule has 0 bridgehead atoms. The molecule has 3 rings (SSSR count). The SMILES string of the molecule is CC(C)(C)OC(=O)N1CC[C@H](N[C@@H]2CCN(C(=O)OCc3ccccc3)C2)C1. The number of nitrogens with zero attached hydrogens (tertiary/aromatic N) is 2. The standard InChI is InChI=1S/C21H31N3O4/c1-21(2,3)28-20(26)24-12-10-18(14-24)22-17-9-11-23(13-17)19(25)27-15-16-7-5-4-6-8-16/h4-8,17-18,22H,9-15H2,1-3H3/t17-,18+/m1/s1. The number of likely N-dealkylation sites (tertiary alicyclic amines) is 2. The molecular weight excluding hydrogens is 358 g/mol. The lowest BCUT2D eigenvalue weighted by molar-refractivity contribution is 0.0290. The van der Waals surface area contributed by atoms with Crippen LogP contribution < -0.4 is 5.32 Å². The monoisotopic (exact) mass is 389 g/mol. The van der Waals surface area contributed by atoms with E-state index in [4.69, 9.17) is 9.47 Å². The second-order valence-corrected chi connectivity index (χ2v) is 8.55. The molecule has 2 fully saturated rings. The number of ether oxygens (including phenoxy) is 2. The number of carbonyl (C=O) groups is 2. The van der Waals surface area contributed by atoms with Crippen LogP contribution in [0.4, 0.5) is 9.59 Å². The van der Waals surface area contributed by atoms with Crippen molar-refractivity contribution in [1.29, 1.82) is 0 Å². The average molecular weight is 389 g/mol. The predicted molar refractivity (Wildman–Crippen MR) is 106 cm³/mol. The average Bonchev–Trinajstić information content (AvgIpc) is 3.29. The van der Waals surface area contributed by atoms with Crippen LogP contribution in [0.1, 0.15) is 39.2 Å². The normalized spacial score (nSPS) is 22.4. The highest BCUT2D eigenvalue weighted by Gasteiger charge is 2.33. The van der Waals surface area contributed by atoms with E-state index >= 15 is 0 Å². The van der Waals surface area contributed by atoms with E-state index in [1.54, 1.807) is 9.80 Å². The van der Waals surface area contributed by atoms with E-state index in [0.717, 1.165) is 18.4 Å². The van der Waals surface area contributed by atoms with Gasteiger partial charge in [-0.1, -0.05) is 30.3 Å². The molecule has 2 heterocycles. The number of hydrogen-bond acceptors (Lipinski definition) is 5. The fourth-order valence-electron chi connectivity index (χ4n) is 3.59. The number of nitrogens with one attached hydrogen (secondary N) is 1. The van der Waals surface area contributed by atoms with Crippen molar-refractivity contribution in [3.05, 3.63) is 35.9 Å². The Hall–Kier alpha value is -2.28. The second kappa shape index (κ2) is 8.82. The summed E-state index contributed by atoms with van der Waals surface area (Å²) in [4.78, 5) is 28.0. The van der Waals surface area contributed by atoms with Gasteiger partial charge >= 0.3 is 12.2 Å². The van der Waals surface area contributed by atoms with Crippen LogP contribution >= 0.6 is 0 Å². The summed E-state index contributed by atoms with van der Waals surface area (Å²) in [6, 6.07) is 10.2. The summed E-state index contributed by atoms with van der Waals surface area (Å²) in [5.74, 6) is 0. The number of amides is 2. The van der Waals surface area contributed by atoms with Gasteiger partial charge in [0.1, 0.15) is 12.2 Å². The second-order valence-electron chi connectivity index (χ2n) is 8.55. The van der Waals surface area contributed by atoms with Gasteiger partial charge in [-0.2, -0.15) is 0 Å². The molecule has 1 N–H and O–H groups in total. The third-order valence-electron chi connectivity index (χ3n) is 4.96. The summed E-state index contributed by atoms with van der Waals surface area (Å²) in [5, 5.41) is 3.59. The smallest absolute Gasteiger partial charge is 0.410 e. The van der Waals surface area contributed by atoms with Gasteiger partial charge in [0.25, 0.3) is 0 Å². The Labute approximate surface area is 167 Å². The summed E-state index contributed by atoms with van der Waals surface area (Å²) < 4.78 is 10.9. The van der Waals surface area contributed by atoms with E-state index in [2.05, 4.69) is 5.32 Å². The predicted octanol–water partition coefficient (Wildman–Crippen LogP) is 3.00. The minimum absolute atomic E-state index is 0.230. The first-order valence-corrected chi connectivity index (χ1v) is 10.00. The summed E-state index contributed by atoms with van der Waals surface area (Å²) >= 11 is 0. The van der Waals surface area contributed by atoms with Crippen molar-refractivity contribution in [3.8, 4) is 0 Å². The molecule has 0 spiro atoms. The van der Waals surface area contributed by atoms with Gasteiger partial charge in [-0.15, -0.1) is 0 Å². The maximum absolute atomic E-state index is 12.3. The zero-order chi connectivity index (χ0) is 20.1. The van der Waals surface area contributed by atoms with Crippen molar-refractivity contribution in [2.45, 2.75) is 57.9 Å². The van der Waals surface area contributed by atoms with E-state index in [1.807, 2.05) is 51.1 Å². The molecule has 2 saturated heterocycles. The first-order valence-electron chi connectivity index (χ1n) is 10.00. The van der Waals surface area contributed by atoms with Gasteiger partial charge in [-0.3, -0.25) is 0 Å². The van der Waals surface area contributed by atoms with Crippen LogP contribution in [-0.4, -0.2) is 65.9 Å². The van der Waals surface area contributed by atoms with E-state index in [1.165, 1.54) is 0 Å². The fourth-order valence-corrected chi connectivity index (χ4v) is 3.59. The summed E-state index contributed by atoms with van der Waals surface area (Å²) in [5.41, 5.74) is 0.507. The van der Waals surface area contributed by atoms with Gasteiger partial charge < -0.3 is 24.6 Å². The quantitative estimate of drug-likeness (QED) is 0.857. The molecule has 7 heteroatoms. The Morgan fingerprint density at radius 3 is 2.14 bits per heavy atom. The van der Waals surface area contributed by atoms with E-state index in [9.17, 15) is 9.59 Å². The molecule has 2 aliphatic rings. The van der Waals surface area contributed by atoms with Crippen molar-refractivity contribution in [2.75, 3.05) is 26.2 Å². The Bertz CT molecular complexity index is 674. The summed E-state index contributed by atoms with van der Waals surface area (Å²) in [7, 11) is 0. The van der Waals surface area contributed by atoms with Crippen LogP contribution in [0.5, 0.6) is 0 Å². The Morgan fingerprint density at radius 2 is 1.57 bits per heavy atom. The highest BCUT2D eigenvalue weighted by molar-refractivity contribution is 5.69. The van der Waals surface area contributed by atoms with Crippen molar-refractivity contribution in [2.24, 2.45) is 0 Å². The van der Waals surface area contributed by atoms with Crippen LogP contribution in [0.15, 0.2) is 30.3 Å². The molecule has 7 nitrogen and oxygen atoms in total. The van der Waals surface area contributed by atoms with Gasteiger partial charge in [0.05, 0.1) is 0 Å². The van der Waals surface area contributed by atoms with Crippen molar-refractivity contribution in [1.82, 2.24) is 15.1 Å². The van der Waals surface area contributed by atoms with Crippen LogP contribution in [0.25, 0.3) is 0 Å². The van der Waals surface area contributed by atoms with Gasteiger partial charge in [-0.25, -0.2) is 9.59 Å². The molecule has 0 aliphatic carbocycles. The largest absolute Gasteiger partial charge is 0.445 e. The van der Waals surface area contributed by atoms with Crippen molar-refractivity contribution < 1.29 is 19.1 Å². The third kappa shape index (κ3) is 5.86. The zero-order valence-electron chi connectivity index (χ0n) is 17.0. The van der Waals surface area contributed by atoms with Crippen LogP contribution in [-0.2, 0) is 16.1 Å². The van der Waals surface area contributed by atoms with E-state index in [-0.39, 0.29) is 24.3 Å². The van der Waals surface area contributed by atoms with Crippen LogP contribution in [0, 0.1) is 0 Å². The molecule has 28 heavy (non-hydrogen) atoms. The number of benzene rings is 1. The molecule has 0 radical (unpaired) electrons. The van der Waals surface area contributed by atoms with Gasteiger partial charge in [0.2, 0.25) is 0 Å². The Balaban J connectivity index is 1.39. The van der Waals surface area contributed by atoms with Crippen molar-refractivity contribution >= 4 is 12.2 Å². The number of rotatable bonds is 4. The molecule has 154 valence electrons. The van der Waals surface area contributed by atoms with Gasteiger partial charge in [0, 0.05) is 38.3 Å². The zero-order valence-corrected chi connectivity index (χ0v) is 17.0. The molecule has 2 aliphatic heterocycles. The maximum atomic E-state index is 12.3. The summed E-state index contributed by atoms with van der Waals surface area (Å²) in [6.07, 6.45) is 1.27. The lowest BCUT2D eigenvalue weighted by Gasteiger charge is -2.25. The van der Waals surface area contributed by atoms with Crippen LogP contribution in [0.3, 0.4) is 0 Å². The summed E-state index contributed by atoms with van der Waals surface area (Å²) in [6.45, 7) is 8.58. The highest BCUT2D eigenvalue weighted by atomic mass is 16.6. The first kappa shape index (κ1) is 20.5.